The first-order chi connectivity index (χ1) is 8.47. The maximum absolute atomic E-state index is 13.7. The fourth-order valence-corrected chi connectivity index (χ4v) is 1.61. The van der Waals surface area contributed by atoms with Crippen LogP contribution in [0.5, 0.6) is 0 Å². The SMILES string of the molecule is CC(C)(C)NCc1cnoc1-c1ccccc1F. The van der Waals surface area contributed by atoms with Crippen molar-refractivity contribution in [3.05, 3.63) is 41.8 Å². The molecule has 1 aromatic heterocycles. The molecule has 0 aliphatic carbocycles. The summed E-state index contributed by atoms with van der Waals surface area (Å²) in [5.74, 6) is 0.191. The van der Waals surface area contributed by atoms with E-state index in [4.69, 9.17) is 4.52 Å². The molecule has 2 rings (SSSR count). The minimum absolute atomic E-state index is 0.0101. The highest BCUT2D eigenvalue weighted by Crippen LogP contribution is 2.26. The van der Waals surface area contributed by atoms with Crippen molar-refractivity contribution in [1.29, 1.82) is 0 Å². The summed E-state index contributed by atoms with van der Waals surface area (Å²) >= 11 is 0. The van der Waals surface area contributed by atoms with E-state index in [2.05, 4.69) is 31.2 Å². The number of nitrogens with zero attached hydrogens (tertiary/aromatic N) is 1. The van der Waals surface area contributed by atoms with Crippen LogP contribution in [-0.2, 0) is 6.54 Å². The van der Waals surface area contributed by atoms with E-state index in [-0.39, 0.29) is 11.4 Å². The van der Waals surface area contributed by atoms with E-state index < -0.39 is 0 Å². The van der Waals surface area contributed by atoms with Crippen LogP contribution in [0.2, 0.25) is 0 Å². The molecule has 0 saturated carbocycles. The largest absolute Gasteiger partial charge is 0.356 e. The van der Waals surface area contributed by atoms with E-state index >= 15 is 0 Å². The Morgan fingerprint density at radius 1 is 1.28 bits per heavy atom. The number of rotatable bonds is 3. The summed E-state index contributed by atoms with van der Waals surface area (Å²) in [6.07, 6.45) is 1.63. The van der Waals surface area contributed by atoms with E-state index in [0.29, 0.717) is 17.9 Å². The zero-order valence-electron chi connectivity index (χ0n) is 10.8. The molecule has 3 nitrogen and oxygen atoms in total. The van der Waals surface area contributed by atoms with Crippen LogP contribution in [0.3, 0.4) is 0 Å². The van der Waals surface area contributed by atoms with Gasteiger partial charge in [0.15, 0.2) is 5.76 Å². The molecule has 1 heterocycles. The highest BCUT2D eigenvalue weighted by molar-refractivity contribution is 5.61. The number of hydrogen-bond acceptors (Lipinski definition) is 3. The summed E-state index contributed by atoms with van der Waals surface area (Å²) < 4.78 is 18.9. The maximum Gasteiger partial charge on any atom is 0.174 e. The first-order valence-corrected chi connectivity index (χ1v) is 5.91. The minimum Gasteiger partial charge on any atom is -0.356 e. The van der Waals surface area contributed by atoms with Gasteiger partial charge in [0.05, 0.1) is 11.8 Å². The summed E-state index contributed by atoms with van der Waals surface area (Å²) in [6.45, 7) is 6.81. The van der Waals surface area contributed by atoms with Crippen molar-refractivity contribution in [3.8, 4) is 11.3 Å². The number of halogens is 1. The van der Waals surface area contributed by atoms with Crippen molar-refractivity contribution in [2.24, 2.45) is 0 Å². The third-order valence-corrected chi connectivity index (χ3v) is 2.57. The van der Waals surface area contributed by atoms with Crippen molar-refractivity contribution in [2.75, 3.05) is 0 Å². The van der Waals surface area contributed by atoms with Crippen molar-refractivity contribution in [2.45, 2.75) is 32.9 Å². The molecule has 0 aliphatic rings. The van der Waals surface area contributed by atoms with Gasteiger partial charge >= 0.3 is 0 Å². The van der Waals surface area contributed by atoms with Crippen molar-refractivity contribution >= 4 is 0 Å². The second-order valence-corrected chi connectivity index (χ2v) is 5.26. The third-order valence-electron chi connectivity index (χ3n) is 2.57. The summed E-state index contributed by atoms with van der Waals surface area (Å²) in [5.41, 5.74) is 1.29. The molecule has 1 aromatic carbocycles. The van der Waals surface area contributed by atoms with Gasteiger partial charge in [-0.15, -0.1) is 0 Å². The Balaban J connectivity index is 2.26. The summed E-state index contributed by atoms with van der Waals surface area (Å²) in [6, 6.07) is 6.54. The van der Waals surface area contributed by atoms with Gasteiger partial charge in [-0.1, -0.05) is 17.3 Å². The van der Waals surface area contributed by atoms with Gasteiger partial charge in [0.2, 0.25) is 0 Å². The summed E-state index contributed by atoms with van der Waals surface area (Å²) in [4.78, 5) is 0. The van der Waals surface area contributed by atoms with Crippen molar-refractivity contribution in [3.63, 3.8) is 0 Å². The Bertz CT molecular complexity index is 529. The van der Waals surface area contributed by atoms with Crippen LogP contribution in [0.25, 0.3) is 11.3 Å². The standard InChI is InChI=1S/C14H17FN2O/c1-14(2,3)16-8-10-9-17-18-13(10)11-6-4-5-7-12(11)15/h4-7,9,16H,8H2,1-3H3. The lowest BCUT2D eigenvalue weighted by Crippen LogP contribution is -2.35. The highest BCUT2D eigenvalue weighted by Gasteiger charge is 2.16. The zero-order valence-corrected chi connectivity index (χ0v) is 10.8. The van der Waals surface area contributed by atoms with Gasteiger partial charge in [0.1, 0.15) is 5.82 Å². The van der Waals surface area contributed by atoms with Crippen LogP contribution in [0.4, 0.5) is 4.39 Å². The molecule has 0 atom stereocenters. The molecule has 1 N–H and O–H groups in total. The molecule has 0 unspecified atom stereocenters. The Labute approximate surface area is 106 Å². The molecule has 0 spiro atoms. The van der Waals surface area contributed by atoms with E-state index in [1.54, 1.807) is 24.4 Å². The lowest BCUT2D eigenvalue weighted by Gasteiger charge is -2.20. The number of aromatic nitrogens is 1. The smallest absolute Gasteiger partial charge is 0.174 e. The van der Waals surface area contributed by atoms with Crippen LogP contribution >= 0.6 is 0 Å². The molecule has 4 heteroatoms. The Morgan fingerprint density at radius 2 is 2.00 bits per heavy atom. The fraction of sp³-hybridized carbons (Fsp3) is 0.357. The van der Waals surface area contributed by atoms with Gasteiger partial charge in [-0.05, 0) is 32.9 Å². The molecule has 0 fully saturated rings. The van der Waals surface area contributed by atoms with Crippen LogP contribution in [0, 0.1) is 5.82 Å². The van der Waals surface area contributed by atoms with Crippen LogP contribution < -0.4 is 5.32 Å². The minimum atomic E-state index is -0.300. The molecule has 0 amide bonds. The van der Waals surface area contributed by atoms with Crippen LogP contribution in [-0.4, -0.2) is 10.7 Å². The van der Waals surface area contributed by atoms with E-state index in [9.17, 15) is 4.39 Å². The number of hydrogen-bond donors (Lipinski definition) is 1. The van der Waals surface area contributed by atoms with Crippen molar-refractivity contribution < 1.29 is 8.91 Å². The fourth-order valence-electron chi connectivity index (χ4n) is 1.61. The van der Waals surface area contributed by atoms with Gasteiger partial charge in [-0.25, -0.2) is 4.39 Å². The molecule has 0 aliphatic heterocycles. The van der Waals surface area contributed by atoms with E-state index in [1.165, 1.54) is 6.07 Å². The Hall–Kier alpha value is -1.68. The van der Waals surface area contributed by atoms with E-state index in [1.807, 2.05) is 0 Å². The molecule has 2 aromatic rings. The molecule has 0 bridgehead atoms. The zero-order chi connectivity index (χ0) is 13.2. The monoisotopic (exact) mass is 248 g/mol. The van der Waals surface area contributed by atoms with Gasteiger partial charge in [0, 0.05) is 17.6 Å². The number of benzene rings is 1. The summed E-state index contributed by atoms with van der Waals surface area (Å²) in [7, 11) is 0. The van der Waals surface area contributed by atoms with Crippen molar-refractivity contribution in [1.82, 2.24) is 10.5 Å². The first kappa shape index (κ1) is 12.8. The molecule has 18 heavy (non-hydrogen) atoms. The Kier molecular flexibility index (Phi) is 3.48. The molecule has 0 saturated heterocycles. The quantitative estimate of drug-likeness (QED) is 0.905. The second kappa shape index (κ2) is 4.90. The van der Waals surface area contributed by atoms with E-state index in [0.717, 1.165) is 5.56 Å². The first-order valence-electron chi connectivity index (χ1n) is 5.91. The highest BCUT2D eigenvalue weighted by atomic mass is 19.1. The van der Waals surface area contributed by atoms with Crippen LogP contribution in [0.1, 0.15) is 26.3 Å². The molecule has 0 radical (unpaired) electrons. The molecular formula is C14H17FN2O. The molecular weight excluding hydrogens is 231 g/mol. The molecule has 96 valence electrons. The van der Waals surface area contributed by atoms with Gasteiger partial charge in [-0.2, -0.15) is 0 Å². The Morgan fingerprint density at radius 3 is 2.67 bits per heavy atom. The maximum atomic E-state index is 13.7. The lowest BCUT2D eigenvalue weighted by molar-refractivity contribution is 0.417. The van der Waals surface area contributed by atoms with Gasteiger partial charge < -0.3 is 9.84 Å². The lowest BCUT2D eigenvalue weighted by atomic mass is 10.1. The average molecular weight is 248 g/mol. The van der Waals surface area contributed by atoms with Gasteiger partial charge in [-0.3, -0.25) is 0 Å². The number of nitrogens with one attached hydrogen (secondary N) is 1. The van der Waals surface area contributed by atoms with Crippen LogP contribution in [0.15, 0.2) is 35.0 Å². The van der Waals surface area contributed by atoms with Gasteiger partial charge in [0.25, 0.3) is 0 Å². The second-order valence-electron chi connectivity index (χ2n) is 5.26. The topological polar surface area (TPSA) is 38.1 Å². The predicted molar refractivity (Wildman–Crippen MR) is 68.5 cm³/mol. The predicted octanol–water partition coefficient (Wildman–Crippen LogP) is 3.37. The normalized spacial score (nSPS) is 11.8. The average Bonchev–Trinajstić information content (AvgIpc) is 2.74. The third kappa shape index (κ3) is 2.96. The summed E-state index contributed by atoms with van der Waals surface area (Å²) in [5, 5.41) is 7.09.